The molecule has 2 rings (SSSR count). The summed E-state index contributed by atoms with van der Waals surface area (Å²) in [6.45, 7) is 18.6. The molecule has 0 saturated carbocycles. The maximum absolute atomic E-state index is 12.6. The monoisotopic (exact) mass is 356 g/mol. The first-order valence-corrected chi connectivity index (χ1v) is 12.1. The lowest BCUT2D eigenvalue weighted by atomic mass is 10.1. The Bertz CT molecular complexity index is 468. The number of carbonyl (C=O) groups excluding carboxylic acids is 1. The first kappa shape index (κ1) is 19.7. The molecule has 1 N–H and O–H groups in total. The zero-order valence-electron chi connectivity index (χ0n) is 16.7. The molecule has 1 amide bonds. The van der Waals surface area contributed by atoms with E-state index in [1.54, 1.807) is 0 Å². The summed E-state index contributed by atoms with van der Waals surface area (Å²) in [4.78, 5) is 14.6. The Balaban J connectivity index is 2.02. The number of ether oxygens (including phenoxy) is 1. The molecule has 0 radical (unpaired) electrons. The minimum absolute atomic E-state index is 0.172. The average Bonchev–Trinajstić information content (AvgIpc) is 2.70. The van der Waals surface area contributed by atoms with Crippen LogP contribution < -0.4 is 5.32 Å². The average molecular weight is 357 g/mol. The zero-order chi connectivity index (χ0) is 18.3. The highest BCUT2D eigenvalue weighted by Crippen LogP contribution is 2.37. The summed E-state index contributed by atoms with van der Waals surface area (Å²) >= 11 is 0. The summed E-state index contributed by atoms with van der Waals surface area (Å²) in [7, 11) is -1.78. The van der Waals surface area contributed by atoms with E-state index in [4.69, 9.17) is 9.16 Å². The van der Waals surface area contributed by atoms with Gasteiger partial charge in [-0.15, -0.1) is 0 Å². The van der Waals surface area contributed by atoms with Gasteiger partial charge < -0.3 is 14.5 Å². The minimum Gasteiger partial charge on any atom is -0.444 e. The molecule has 2 bridgehead atoms. The summed E-state index contributed by atoms with van der Waals surface area (Å²) in [5.74, 6) is 0. The van der Waals surface area contributed by atoms with Gasteiger partial charge in [0, 0.05) is 18.6 Å². The third kappa shape index (κ3) is 4.32. The van der Waals surface area contributed by atoms with Gasteiger partial charge in [0.1, 0.15) is 5.60 Å². The van der Waals surface area contributed by atoms with Gasteiger partial charge in [-0.05, 0) is 51.7 Å². The largest absolute Gasteiger partial charge is 0.444 e. The SMILES string of the molecule is CC(C)(C)OC(=O)N1[C@@H]2CC[C@H]1[C@H](CO[Si](C)(C)C(C)(C)C)NC2. The Morgan fingerprint density at radius 3 is 2.33 bits per heavy atom. The van der Waals surface area contributed by atoms with E-state index in [1.807, 2.05) is 25.7 Å². The van der Waals surface area contributed by atoms with Crippen molar-refractivity contribution in [2.45, 2.75) is 96.2 Å². The highest BCUT2D eigenvalue weighted by Gasteiger charge is 2.47. The molecule has 5 nitrogen and oxygen atoms in total. The Kier molecular flexibility index (Phi) is 5.44. The Morgan fingerprint density at radius 1 is 1.17 bits per heavy atom. The lowest BCUT2D eigenvalue weighted by Crippen LogP contribution is -2.62. The topological polar surface area (TPSA) is 50.8 Å². The van der Waals surface area contributed by atoms with Crippen LogP contribution in [0.25, 0.3) is 0 Å². The molecule has 6 heteroatoms. The summed E-state index contributed by atoms with van der Waals surface area (Å²) in [6.07, 6.45) is 1.91. The van der Waals surface area contributed by atoms with Crippen molar-refractivity contribution >= 4 is 14.4 Å². The van der Waals surface area contributed by atoms with E-state index in [2.05, 4.69) is 39.2 Å². The summed E-state index contributed by atoms with van der Waals surface area (Å²) in [5.41, 5.74) is -0.450. The van der Waals surface area contributed by atoms with Gasteiger partial charge in [-0.3, -0.25) is 4.90 Å². The van der Waals surface area contributed by atoms with Crippen molar-refractivity contribution in [1.82, 2.24) is 10.2 Å². The highest BCUT2D eigenvalue weighted by molar-refractivity contribution is 6.74. The number of carbonyl (C=O) groups is 1. The number of amides is 1. The number of hydrogen-bond acceptors (Lipinski definition) is 4. The number of fused-ring (bicyclic) bond motifs is 2. The molecule has 2 aliphatic rings. The van der Waals surface area contributed by atoms with Gasteiger partial charge in [-0.1, -0.05) is 20.8 Å². The van der Waals surface area contributed by atoms with E-state index in [-0.39, 0.29) is 29.3 Å². The summed E-state index contributed by atoms with van der Waals surface area (Å²) < 4.78 is 12.0. The van der Waals surface area contributed by atoms with E-state index >= 15 is 0 Å². The van der Waals surface area contributed by atoms with E-state index in [0.717, 1.165) is 19.4 Å². The van der Waals surface area contributed by atoms with Crippen molar-refractivity contribution in [1.29, 1.82) is 0 Å². The van der Waals surface area contributed by atoms with E-state index in [0.29, 0.717) is 6.61 Å². The zero-order valence-corrected chi connectivity index (χ0v) is 17.7. The van der Waals surface area contributed by atoms with Crippen molar-refractivity contribution in [3.05, 3.63) is 0 Å². The van der Waals surface area contributed by atoms with Gasteiger partial charge in [0.15, 0.2) is 8.32 Å². The molecular weight excluding hydrogens is 320 g/mol. The van der Waals surface area contributed by atoms with Crippen LogP contribution in [0.4, 0.5) is 4.79 Å². The van der Waals surface area contributed by atoms with Crippen molar-refractivity contribution < 1.29 is 14.0 Å². The molecule has 0 aliphatic carbocycles. The molecule has 2 fully saturated rings. The van der Waals surface area contributed by atoms with Gasteiger partial charge in [0.05, 0.1) is 12.6 Å². The van der Waals surface area contributed by atoms with Crippen molar-refractivity contribution in [2.24, 2.45) is 0 Å². The van der Waals surface area contributed by atoms with Crippen LogP contribution in [0, 0.1) is 0 Å². The second kappa shape index (κ2) is 6.61. The standard InChI is InChI=1S/C18H36N2O3Si/c1-17(2,3)23-16(21)20-13-9-10-15(20)14(19-11-13)12-22-24(7,8)18(4,5)6/h13-15,19H,9-12H2,1-8H3/t13-,14+,15+/m1/s1. The van der Waals surface area contributed by atoms with E-state index in [1.165, 1.54) is 0 Å². The smallest absolute Gasteiger partial charge is 0.410 e. The Morgan fingerprint density at radius 2 is 1.79 bits per heavy atom. The van der Waals surface area contributed by atoms with Gasteiger partial charge >= 0.3 is 6.09 Å². The second-order valence-corrected chi connectivity index (χ2v) is 14.6. The molecule has 0 aromatic rings. The van der Waals surface area contributed by atoms with Crippen molar-refractivity contribution in [3.8, 4) is 0 Å². The molecule has 3 atom stereocenters. The van der Waals surface area contributed by atoms with Crippen LogP contribution >= 0.6 is 0 Å². The van der Waals surface area contributed by atoms with E-state index < -0.39 is 13.9 Å². The highest BCUT2D eigenvalue weighted by atomic mass is 28.4. The van der Waals surface area contributed by atoms with Gasteiger partial charge in [-0.2, -0.15) is 0 Å². The van der Waals surface area contributed by atoms with Crippen LogP contribution in [0.5, 0.6) is 0 Å². The molecule has 0 aromatic carbocycles. The fraction of sp³-hybridized carbons (Fsp3) is 0.944. The van der Waals surface area contributed by atoms with Gasteiger partial charge in [0.2, 0.25) is 0 Å². The van der Waals surface area contributed by atoms with Crippen LogP contribution in [0.2, 0.25) is 18.1 Å². The maximum atomic E-state index is 12.6. The quantitative estimate of drug-likeness (QED) is 0.783. The molecule has 140 valence electrons. The Hall–Kier alpha value is -0.593. The summed E-state index contributed by atoms with van der Waals surface area (Å²) in [5, 5.41) is 3.80. The van der Waals surface area contributed by atoms with Crippen LogP contribution in [-0.4, -0.2) is 56.2 Å². The molecule has 0 spiro atoms. The number of nitrogens with zero attached hydrogens (tertiary/aromatic N) is 1. The van der Waals surface area contributed by atoms with Crippen molar-refractivity contribution in [2.75, 3.05) is 13.2 Å². The number of piperazine rings is 1. The third-order valence-corrected chi connectivity index (χ3v) is 10.2. The molecule has 0 aromatic heterocycles. The van der Waals surface area contributed by atoms with Crippen LogP contribution in [0.3, 0.4) is 0 Å². The fourth-order valence-electron chi connectivity index (χ4n) is 3.21. The van der Waals surface area contributed by atoms with Crippen molar-refractivity contribution in [3.63, 3.8) is 0 Å². The third-order valence-electron chi connectivity index (χ3n) is 5.66. The normalized spacial score (nSPS) is 28.2. The van der Waals surface area contributed by atoms with Crippen LogP contribution in [0.15, 0.2) is 0 Å². The number of hydrogen-bond donors (Lipinski definition) is 1. The lowest BCUT2D eigenvalue weighted by Gasteiger charge is -2.43. The molecule has 2 saturated heterocycles. The number of rotatable bonds is 3. The fourth-order valence-corrected chi connectivity index (χ4v) is 4.24. The predicted molar refractivity (Wildman–Crippen MR) is 99.8 cm³/mol. The molecule has 2 aliphatic heterocycles. The van der Waals surface area contributed by atoms with Gasteiger partial charge in [-0.25, -0.2) is 4.79 Å². The first-order valence-electron chi connectivity index (χ1n) is 9.20. The Labute approximate surface area is 148 Å². The number of nitrogens with one attached hydrogen (secondary N) is 1. The van der Waals surface area contributed by atoms with E-state index in [9.17, 15) is 4.79 Å². The lowest BCUT2D eigenvalue weighted by molar-refractivity contribution is 0.000824. The second-order valence-electron chi connectivity index (χ2n) is 9.77. The van der Waals surface area contributed by atoms with Crippen LogP contribution in [-0.2, 0) is 9.16 Å². The van der Waals surface area contributed by atoms with Gasteiger partial charge in [0.25, 0.3) is 0 Å². The first-order chi connectivity index (χ1) is 10.8. The molecule has 0 unspecified atom stereocenters. The molecular formula is C18H36N2O3Si. The molecule has 24 heavy (non-hydrogen) atoms. The van der Waals surface area contributed by atoms with Crippen LogP contribution in [0.1, 0.15) is 54.4 Å². The maximum Gasteiger partial charge on any atom is 0.410 e. The molecule has 2 heterocycles. The predicted octanol–water partition coefficient (Wildman–Crippen LogP) is 3.75. The minimum atomic E-state index is -1.78. The summed E-state index contributed by atoms with van der Waals surface area (Å²) in [6, 6.07) is 0.641.